The van der Waals surface area contributed by atoms with Gasteiger partial charge in [-0.15, -0.1) is 0 Å². The van der Waals surface area contributed by atoms with E-state index in [1.165, 1.54) is 0 Å². The van der Waals surface area contributed by atoms with E-state index in [0.29, 0.717) is 35.9 Å². The maximum Gasteiger partial charge on any atom is 0.251 e. The molecule has 1 aromatic carbocycles. The first-order valence-corrected chi connectivity index (χ1v) is 7.75. The topological polar surface area (TPSA) is 71.3 Å². The summed E-state index contributed by atoms with van der Waals surface area (Å²) >= 11 is 0. The van der Waals surface area contributed by atoms with Crippen molar-refractivity contribution in [2.24, 2.45) is 5.92 Å². The first-order valence-electron chi connectivity index (χ1n) is 7.75. The van der Waals surface area contributed by atoms with Crippen LogP contribution in [0.5, 0.6) is 0 Å². The Morgan fingerprint density at radius 1 is 1.04 bits per heavy atom. The van der Waals surface area contributed by atoms with Crippen molar-refractivity contribution in [3.63, 3.8) is 0 Å². The smallest absolute Gasteiger partial charge is 0.251 e. The van der Waals surface area contributed by atoms with Crippen molar-refractivity contribution >= 4 is 11.8 Å². The van der Waals surface area contributed by atoms with Crippen LogP contribution in [0, 0.1) is 5.92 Å². The lowest BCUT2D eigenvalue weighted by Crippen LogP contribution is -2.26. The van der Waals surface area contributed by atoms with Crippen LogP contribution in [0.1, 0.15) is 46.7 Å². The predicted molar refractivity (Wildman–Crippen MR) is 88.1 cm³/mol. The van der Waals surface area contributed by atoms with E-state index in [1.54, 1.807) is 42.7 Å². The molecule has 0 spiro atoms. The normalized spacial score (nSPS) is 10.6. The van der Waals surface area contributed by atoms with Gasteiger partial charge in [0, 0.05) is 17.7 Å². The molecule has 1 heterocycles. The fourth-order valence-corrected chi connectivity index (χ4v) is 2.06. The summed E-state index contributed by atoms with van der Waals surface area (Å²) in [6.45, 7) is 5.16. The van der Waals surface area contributed by atoms with Crippen molar-refractivity contribution in [1.82, 2.24) is 10.6 Å². The van der Waals surface area contributed by atoms with Crippen LogP contribution >= 0.6 is 0 Å². The van der Waals surface area contributed by atoms with E-state index >= 15 is 0 Å². The van der Waals surface area contributed by atoms with Crippen LogP contribution in [0.4, 0.5) is 0 Å². The molecular weight excluding hydrogens is 292 g/mol. The molecule has 5 heteroatoms. The second kappa shape index (κ2) is 8.17. The summed E-state index contributed by atoms with van der Waals surface area (Å²) in [5, 5.41) is 5.63. The lowest BCUT2D eigenvalue weighted by Gasteiger charge is -2.08. The zero-order valence-corrected chi connectivity index (χ0v) is 13.5. The van der Waals surface area contributed by atoms with Gasteiger partial charge in [0.2, 0.25) is 0 Å². The molecule has 0 saturated heterocycles. The summed E-state index contributed by atoms with van der Waals surface area (Å²) in [7, 11) is 0. The number of rotatable bonds is 7. The van der Waals surface area contributed by atoms with E-state index in [1.807, 2.05) is 0 Å². The quantitative estimate of drug-likeness (QED) is 0.825. The Morgan fingerprint density at radius 3 is 2.35 bits per heavy atom. The molecule has 0 radical (unpaired) electrons. The van der Waals surface area contributed by atoms with Gasteiger partial charge in [-0.3, -0.25) is 9.59 Å². The van der Waals surface area contributed by atoms with Crippen molar-refractivity contribution in [3.05, 3.63) is 59.5 Å². The molecule has 1 aromatic heterocycles. The first-order chi connectivity index (χ1) is 11.1. The summed E-state index contributed by atoms with van der Waals surface area (Å²) < 4.78 is 5.17. The molecule has 0 atom stereocenters. The highest BCUT2D eigenvalue weighted by Crippen LogP contribution is 2.07. The highest BCUT2D eigenvalue weighted by molar-refractivity contribution is 5.99. The summed E-state index contributed by atoms with van der Waals surface area (Å²) in [5.74, 6) is 0.819. The number of benzene rings is 1. The predicted octanol–water partition coefficient (Wildman–Crippen LogP) is 2.99. The van der Waals surface area contributed by atoms with Gasteiger partial charge < -0.3 is 15.1 Å². The van der Waals surface area contributed by atoms with Gasteiger partial charge in [0.05, 0.1) is 12.8 Å². The molecule has 0 bridgehead atoms. The monoisotopic (exact) mass is 314 g/mol. The maximum atomic E-state index is 12.1. The summed E-state index contributed by atoms with van der Waals surface area (Å²) in [6, 6.07) is 10.3. The molecule has 0 saturated carbocycles. The van der Waals surface area contributed by atoms with Crippen molar-refractivity contribution in [2.75, 3.05) is 6.54 Å². The Balaban J connectivity index is 1.92. The van der Waals surface area contributed by atoms with Crippen LogP contribution in [0.25, 0.3) is 0 Å². The van der Waals surface area contributed by atoms with Crippen LogP contribution in [-0.4, -0.2) is 18.4 Å². The minimum absolute atomic E-state index is 0.161. The lowest BCUT2D eigenvalue weighted by molar-refractivity contribution is 0.0948. The molecule has 2 amide bonds. The van der Waals surface area contributed by atoms with Crippen molar-refractivity contribution in [1.29, 1.82) is 0 Å². The average Bonchev–Trinajstić information content (AvgIpc) is 3.05. The molecule has 0 aliphatic heterocycles. The largest absolute Gasteiger partial charge is 0.467 e. The maximum absolute atomic E-state index is 12.1. The van der Waals surface area contributed by atoms with E-state index in [9.17, 15) is 9.59 Å². The minimum atomic E-state index is -0.238. The molecule has 23 heavy (non-hydrogen) atoms. The lowest BCUT2D eigenvalue weighted by atomic mass is 10.1. The van der Waals surface area contributed by atoms with Crippen LogP contribution in [0.15, 0.2) is 47.1 Å². The van der Waals surface area contributed by atoms with Gasteiger partial charge in [0.1, 0.15) is 5.76 Å². The van der Waals surface area contributed by atoms with Gasteiger partial charge in [-0.1, -0.05) is 19.9 Å². The number of amides is 2. The van der Waals surface area contributed by atoms with Gasteiger partial charge in [-0.2, -0.15) is 0 Å². The SMILES string of the molecule is CC(C)CCNC(=O)c1cccc(C(=O)NCc2ccco2)c1. The number of hydrogen-bond acceptors (Lipinski definition) is 3. The Bertz CT molecular complexity index is 648. The first kappa shape index (κ1) is 16.8. The number of hydrogen-bond donors (Lipinski definition) is 2. The third-order valence-electron chi connectivity index (χ3n) is 3.40. The van der Waals surface area contributed by atoms with E-state index in [0.717, 1.165) is 6.42 Å². The van der Waals surface area contributed by atoms with E-state index in [2.05, 4.69) is 24.5 Å². The Kier molecular flexibility index (Phi) is 5.97. The third kappa shape index (κ3) is 5.29. The fourth-order valence-electron chi connectivity index (χ4n) is 2.06. The average molecular weight is 314 g/mol. The van der Waals surface area contributed by atoms with Crippen LogP contribution < -0.4 is 10.6 Å². The molecule has 0 fully saturated rings. The molecular formula is C18H22N2O3. The van der Waals surface area contributed by atoms with Crippen LogP contribution in [0.3, 0.4) is 0 Å². The van der Waals surface area contributed by atoms with Crippen molar-refractivity contribution < 1.29 is 14.0 Å². The summed E-state index contributed by atoms with van der Waals surface area (Å²) in [4.78, 5) is 24.2. The standard InChI is InChI=1S/C18H22N2O3/c1-13(2)8-9-19-17(21)14-5-3-6-15(11-14)18(22)20-12-16-7-4-10-23-16/h3-7,10-11,13H,8-9,12H2,1-2H3,(H,19,21)(H,20,22). The third-order valence-corrected chi connectivity index (χ3v) is 3.40. The molecule has 5 nitrogen and oxygen atoms in total. The van der Waals surface area contributed by atoms with Crippen molar-refractivity contribution in [3.8, 4) is 0 Å². The molecule has 2 rings (SSSR count). The summed E-state index contributed by atoms with van der Waals surface area (Å²) in [5.41, 5.74) is 0.937. The van der Waals surface area contributed by atoms with Gasteiger partial charge in [-0.05, 0) is 42.7 Å². The molecule has 2 N–H and O–H groups in total. The van der Waals surface area contributed by atoms with E-state index in [-0.39, 0.29) is 11.8 Å². The highest BCUT2D eigenvalue weighted by Gasteiger charge is 2.10. The molecule has 0 unspecified atom stereocenters. The Labute approximate surface area is 136 Å². The molecule has 0 aliphatic carbocycles. The zero-order chi connectivity index (χ0) is 16.7. The van der Waals surface area contributed by atoms with E-state index in [4.69, 9.17) is 4.42 Å². The van der Waals surface area contributed by atoms with Crippen molar-refractivity contribution in [2.45, 2.75) is 26.8 Å². The van der Waals surface area contributed by atoms with Gasteiger partial charge in [0.15, 0.2) is 0 Å². The Morgan fingerprint density at radius 2 is 1.74 bits per heavy atom. The van der Waals surface area contributed by atoms with Gasteiger partial charge in [-0.25, -0.2) is 0 Å². The fraction of sp³-hybridized carbons (Fsp3) is 0.333. The number of furan rings is 1. The van der Waals surface area contributed by atoms with E-state index < -0.39 is 0 Å². The summed E-state index contributed by atoms with van der Waals surface area (Å²) in [6.07, 6.45) is 2.48. The minimum Gasteiger partial charge on any atom is -0.467 e. The second-order valence-electron chi connectivity index (χ2n) is 5.78. The highest BCUT2D eigenvalue weighted by atomic mass is 16.3. The zero-order valence-electron chi connectivity index (χ0n) is 13.5. The Hall–Kier alpha value is -2.56. The number of nitrogens with one attached hydrogen (secondary N) is 2. The van der Waals surface area contributed by atoms with Crippen LogP contribution in [-0.2, 0) is 6.54 Å². The van der Waals surface area contributed by atoms with Crippen LogP contribution in [0.2, 0.25) is 0 Å². The molecule has 122 valence electrons. The van der Waals surface area contributed by atoms with Gasteiger partial charge in [0.25, 0.3) is 11.8 Å². The molecule has 2 aromatic rings. The number of carbonyl (C=O) groups is 2. The van der Waals surface area contributed by atoms with Gasteiger partial charge >= 0.3 is 0 Å². The number of carbonyl (C=O) groups excluding carboxylic acids is 2. The second-order valence-corrected chi connectivity index (χ2v) is 5.78. The molecule has 0 aliphatic rings.